The SMILES string of the molecule is OCC/C=C(\c1ccccc1)c1ccc(Cl)cc1. The number of rotatable bonds is 4. The first kappa shape index (κ1) is 12.9. The summed E-state index contributed by atoms with van der Waals surface area (Å²) in [6, 6.07) is 17.9. The maximum atomic E-state index is 8.99. The number of halogens is 1. The third-order valence-corrected chi connectivity index (χ3v) is 2.97. The third-order valence-electron chi connectivity index (χ3n) is 2.72. The smallest absolute Gasteiger partial charge is 0.0465 e. The zero-order valence-electron chi connectivity index (χ0n) is 10.0. The molecule has 0 fully saturated rings. The van der Waals surface area contributed by atoms with Crippen LogP contribution in [0.2, 0.25) is 5.02 Å². The molecule has 1 nitrogen and oxygen atoms in total. The Morgan fingerprint density at radius 1 is 0.944 bits per heavy atom. The van der Waals surface area contributed by atoms with Gasteiger partial charge in [0.1, 0.15) is 0 Å². The second-order valence-corrected chi connectivity index (χ2v) is 4.44. The molecular weight excluding hydrogens is 244 g/mol. The molecule has 0 saturated carbocycles. The second kappa shape index (κ2) is 6.39. The van der Waals surface area contributed by atoms with Crippen LogP contribution in [0.15, 0.2) is 60.7 Å². The summed E-state index contributed by atoms with van der Waals surface area (Å²) in [5.41, 5.74) is 3.38. The van der Waals surface area contributed by atoms with Crippen LogP contribution in [-0.4, -0.2) is 11.7 Å². The average molecular weight is 259 g/mol. The van der Waals surface area contributed by atoms with Gasteiger partial charge in [-0.2, -0.15) is 0 Å². The molecule has 0 spiro atoms. The van der Waals surface area contributed by atoms with Gasteiger partial charge in [-0.3, -0.25) is 0 Å². The van der Waals surface area contributed by atoms with Crippen molar-refractivity contribution < 1.29 is 5.11 Å². The van der Waals surface area contributed by atoms with Crippen LogP contribution in [-0.2, 0) is 0 Å². The molecule has 18 heavy (non-hydrogen) atoms. The first-order valence-corrected chi connectivity index (χ1v) is 6.31. The van der Waals surface area contributed by atoms with Gasteiger partial charge in [0.2, 0.25) is 0 Å². The Morgan fingerprint density at radius 2 is 1.56 bits per heavy atom. The molecule has 1 N–H and O–H groups in total. The standard InChI is InChI=1S/C16H15ClO/c17-15-10-8-14(9-11-15)16(7-4-12-18)13-5-2-1-3-6-13/h1-3,5-11,18H,4,12H2/b16-7+. The quantitative estimate of drug-likeness (QED) is 0.873. The second-order valence-electron chi connectivity index (χ2n) is 4.00. The van der Waals surface area contributed by atoms with Crippen LogP contribution in [0.1, 0.15) is 17.5 Å². The van der Waals surface area contributed by atoms with Crippen molar-refractivity contribution in [2.45, 2.75) is 6.42 Å². The molecular formula is C16H15ClO. The molecule has 2 heteroatoms. The Balaban J connectivity index is 2.40. The monoisotopic (exact) mass is 258 g/mol. The van der Waals surface area contributed by atoms with E-state index in [0.717, 1.165) is 21.7 Å². The Kier molecular flexibility index (Phi) is 4.57. The Bertz CT molecular complexity index is 515. The van der Waals surface area contributed by atoms with Crippen molar-refractivity contribution in [2.75, 3.05) is 6.61 Å². The van der Waals surface area contributed by atoms with E-state index in [4.69, 9.17) is 16.7 Å². The van der Waals surface area contributed by atoms with Gasteiger partial charge in [-0.15, -0.1) is 0 Å². The highest BCUT2D eigenvalue weighted by Crippen LogP contribution is 2.25. The van der Waals surface area contributed by atoms with Gasteiger partial charge in [-0.25, -0.2) is 0 Å². The fourth-order valence-corrected chi connectivity index (χ4v) is 1.98. The molecule has 0 aliphatic carbocycles. The Hall–Kier alpha value is -1.57. The van der Waals surface area contributed by atoms with Crippen LogP contribution in [0.25, 0.3) is 5.57 Å². The number of hydrogen-bond donors (Lipinski definition) is 1. The normalized spacial score (nSPS) is 11.6. The van der Waals surface area contributed by atoms with Crippen molar-refractivity contribution in [3.63, 3.8) is 0 Å². The van der Waals surface area contributed by atoms with Crippen molar-refractivity contribution in [3.05, 3.63) is 76.8 Å². The molecule has 0 radical (unpaired) electrons. The minimum Gasteiger partial charge on any atom is -0.396 e. The molecule has 0 atom stereocenters. The van der Waals surface area contributed by atoms with E-state index in [1.807, 2.05) is 42.5 Å². The van der Waals surface area contributed by atoms with E-state index < -0.39 is 0 Å². The van der Waals surface area contributed by atoms with Gasteiger partial charge < -0.3 is 5.11 Å². The first-order valence-electron chi connectivity index (χ1n) is 5.93. The zero-order chi connectivity index (χ0) is 12.8. The van der Waals surface area contributed by atoms with Crippen molar-refractivity contribution in [1.29, 1.82) is 0 Å². The molecule has 92 valence electrons. The number of hydrogen-bond acceptors (Lipinski definition) is 1. The van der Waals surface area contributed by atoms with Crippen molar-refractivity contribution in [1.82, 2.24) is 0 Å². The molecule has 0 aliphatic rings. The lowest BCUT2D eigenvalue weighted by molar-refractivity contribution is 0.303. The van der Waals surface area contributed by atoms with Crippen LogP contribution in [0, 0.1) is 0 Å². The van der Waals surface area contributed by atoms with Crippen LogP contribution < -0.4 is 0 Å². The van der Waals surface area contributed by atoms with E-state index in [1.165, 1.54) is 0 Å². The molecule has 0 aromatic heterocycles. The van der Waals surface area contributed by atoms with E-state index in [-0.39, 0.29) is 6.61 Å². The predicted octanol–water partition coefficient (Wildman–Crippen LogP) is 4.15. The van der Waals surface area contributed by atoms with Gasteiger partial charge >= 0.3 is 0 Å². The highest BCUT2D eigenvalue weighted by molar-refractivity contribution is 6.30. The van der Waals surface area contributed by atoms with Crippen molar-refractivity contribution in [2.24, 2.45) is 0 Å². The lowest BCUT2D eigenvalue weighted by Crippen LogP contribution is -1.89. The van der Waals surface area contributed by atoms with Crippen molar-refractivity contribution in [3.8, 4) is 0 Å². The van der Waals surface area contributed by atoms with E-state index in [2.05, 4.69) is 18.2 Å². The summed E-state index contributed by atoms with van der Waals surface area (Å²) in [6.45, 7) is 0.157. The molecule has 0 unspecified atom stereocenters. The lowest BCUT2D eigenvalue weighted by Gasteiger charge is -2.08. The van der Waals surface area contributed by atoms with Crippen LogP contribution in [0.3, 0.4) is 0 Å². The van der Waals surface area contributed by atoms with E-state index in [1.54, 1.807) is 0 Å². The molecule has 0 heterocycles. The number of benzene rings is 2. The van der Waals surface area contributed by atoms with Gasteiger partial charge in [0.15, 0.2) is 0 Å². The van der Waals surface area contributed by atoms with E-state index in [9.17, 15) is 0 Å². The molecule has 2 rings (SSSR count). The van der Waals surface area contributed by atoms with Crippen LogP contribution in [0.5, 0.6) is 0 Å². The molecule has 0 amide bonds. The minimum atomic E-state index is 0.157. The molecule has 0 saturated heterocycles. The average Bonchev–Trinajstić information content (AvgIpc) is 2.42. The molecule has 0 bridgehead atoms. The van der Waals surface area contributed by atoms with Gasteiger partial charge in [0.05, 0.1) is 0 Å². The minimum absolute atomic E-state index is 0.157. The van der Waals surface area contributed by atoms with Gasteiger partial charge in [-0.1, -0.05) is 60.1 Å². The fourth-order valence-electron chi connectivity index (χ4n) is 1.86. The lowest BCUT2D eigenvalue weighted by atomic mass is 9.97. The molecule has 2 aromatic rings. The van der Waals surface area contributed by atoms with Gasteiger partial charge in [-0.05, 0) is 35.3 Å². The van der Waals surface area contributed by atoms with E-state index in [0.29, 0.717) is 6.42 Å². The number of aliphatic hydroxyl groups is 1. The third kappa shape index (κ3) is 3.22. The largest absolute Gasteiger partial charge is 0.396 e. The topological polar surface area (TPSA) is 20.2 Å². The predicted molar refractivity (Wildman–Crippen MR) is 76.7 cm³/mol. The maximum Gasteiger partial charge on any atom is 0.0465 e. The summed E-state index contributed by atoms with van der Waals surface area (Å²) >= 11 is 5.91. The number of aliphatic hydroxyl groups excluding tert-OH is 1. The Morgan fingerprint density at radius 3 is 2.17 bits per heavy atom. The highest BCUT2D eigenvalue weighted by atomic mass is 35.5. The summed E-state index contributed by atoms with van der Waals surface area (Å²) in [5.74, 6) is 0. The van der Waals surface area contributed by atoms with E-state index >= 15 is 0 Å². The van der Waals surface area contributed by atoms with Crippen molar-refractivity contribution >= 4 is 17.2 Å². The van der Waals surface area contributed by atoms with Gasteiger partial charge in [0, 0.05) is 11.6 Å². The summed E-state index contributed by atoms with van der Waals surface area (Å²) in [6.07, 6.45) is 2.70. The summed E-state index contributed by atoms with van der Waals surface area (Å²) < 4.78 is 0. The fraction of sp³-hybridized carbons (Fsp3) is 0.125. The summed E-state index contributed by atoms with van der Waals surface area (Å²) in [4.78, 5) is 0. The molecule has 0 aliphatic heterocycles. The summed E-state index contributed by atoms with van der Waals surface area (Å²) in [7, 11) is 0. The van der Waals surface area contributed by atoms with Crippen LogP contribution in [0.4, 0.5) is 0 Å². The maximum absolute atomic E-state index is 8.99. The zero-order valence-corrected chi connectivity index (χ0v) is 10.8. The first-order chi connectivity index (χ1) is 8.81. The van der Waals surface area contributed by atoms with Gasteiger partial charge in [0.25, 0.3) is 0 Å². The molecule has 2 aromatic carbocycles. The Labute approximate surface area is 112 Å². The highest BCUT2D eigenvalue weighted by Gasteiger charge is 2.04. The summed E-state index contributed by atoms with van der Waals surface area (Å²) in [5, 5.41) is 9.72. The van der Waals surface area contributed by atoms with Crippen LogP contribution >= 0.6 is 11.6 Å².